The zero-order valence-electron chi connectivity index (χ0n) is 13.7. The van der Waals surface area contributed by atoms with Crippen LogP contribution < -0.4 is 14.8 Å². The van der Waals surface area contributed by atoms with Gasteiger partial charge in [-0.2, -0.15) is 0 Å². The van der Waals surface area contributed by atoms with Crippen molar-refractivity contribution in [2.75, 3.05) is 19.0 Å². The molecule has 0 spiro atoms. The molecular formula is C18H18FNO4. The molecule has 0 aliphatic carbocycles. The molecule has 2 rings (SSSR count). The molecule has 0 fully saturated rings. The summed E-state index contributed by atoms with van der Waals surface area (Å²) >= 11 is 0. The van der Waals surface area contributed by atoms with Crippen LogP contribution in [0.3, 0.4) is 0 Å². The number of carbonyl (C=O) groups excluding carboxylic acids is 2. The van der Waals surface area contributed by atoms with Crippen LogP contribution in [0.25, 0.3) is 0 Å². The van der Waals surface area contributed by atoms with E-state index in [1.54, 1.807) is 31.2 Å². The third-order valence-electron chi connectivity index (χ3n) is 3.40. The van der Waals surface area contributed by atoms with Crippen molar-refractivity contribution in [3.8, 4) is 11.5 Å². The Kier molecular flexibility index (Phi) is 5.52. The second-order valence-electron chi connectivity index (χ2n) is 5.22. The number of anilines is 1. The molecule has 0 heterocycles. The number of methoxy groups -OCH3 is 1. The Balaban J connectivity index is 2.03. The molecule has 0 aliphatic rings. The smallest absolute Gasteiger partial charge is 0.262 e. The van der Waals surface area contributed by atoms with Crippen molar-refractivity contribution in [3.05, 3.63) is 53.3 Å². The number of amides is 1. The van der Waals surface area contributed by atoms with Gasteiger partial charge in [0.25, 0.3) is 5.91 Å². The normalized spacial score (nSPS) is 10.2. The highest BCUT2D eigenvalue weighted by molar-refractivity contribution is 5.95. The summed E-state index contributed by atoms with van der Waals surface area (Å²) in [6.45, 7) is 2.94. The summed E-state index contributed by atoms with van der Waals surface area (Å²) in [7, 11) is 1.45. The minimum atomic E-state index is -0.432. The van der Waals surface area contributed by atoms with Gasteiger partial charge < -0.3 is 14.8 Å². The third-order valence-corrected chi connectivity index (χ3v) is 3.40. The van der Waals surface area contributed by atoms with Crippen LogP contribution in [-0.4, -0.2) is 25.4 Å². The molecular weight excluding hydrogens is 313 g/mol. The number of rotatable bonds is 6. The first-order valence-corrected chi connectivity index (χ1v) is 7.28. The molecule has 0 saturated carbocycles. The lowest BCUT2D eigenvalue weighted by atomic mass is 10.1. The molecule has 0 aromatic heterocycles. The van der Waals surface area contributed by atoms with Gasteiger partial charge in [0.1, 0.15) is 5.82 Å². The predicted molar refractivity (Wildman–Crippen MR) is 88.3 cm³/mol. The number of ether oxygens (including phenoxy) is 2. The summed E-state index contributed by atoms with van der Waals surface area (Å²) in [5.74, 6) is -0.259. The van der Waals surface area contributed by atoms with E-state index in [9.17, 15) is 14.0 Å². The van der Waals surface area contributed by atoms with E-state index < -0.39 is 11.7 Å². The van der Waals surface area contributed by atoms with E-state index in [4.69, 9.17) is 9.47 Å². The number of nitrogens with one attached hydrogen (secondary N) is 1. The summed E-state index contributed by atoms with van der Waals surface area (Å²) in [5.41, 5.74) is 1.62. The fourth-order valence-corrected chi connectivity index (χ4v) is 2.06. The molecule has 0 atom stereocenters. The van der Waals surface area contributed by atoms with Gasteiger partial charge in [-0.3, -0.25) is 9.59 Å². The predicted octanol–water partition coefficient (Wildman–Crippen LogP) is 3.36. The van der Waals surface area contributed by atoms with Crippen LogP contribution in [0.2, 0.25) is 0 Å². The summed E-state index contributed by atoms with van der Waals surface area (Å²) < 4.78 is 23.8. The van der Waals surface area contributed by atoms with Crippen molar-refractivity contribution in [3.63, 3.8) is 0 Å². The molecule has 5 nitrogen and oxygen atoms in total. The number of aryl methyl sites for hydroxylation is 1. The fourth-order valence-electron chi connectivity index (χ4n) is 2.06. The van der Waals surface area contributed by atoms with Crippen LogP contribution in [0.4, 0.5) is 10.1 Å². The van der Waals surface area contributed by atoms with E-state index in [1.807, 2.05) is 0 Å². The zero-order chi connectivity index (χ0) is 17.7. The van der Waals surface area contributed by atoms with Gasteiger partial charge >= 0.3 is 0 Å². The van der Waals surface area contributed by atoms with Crippen LogP contribution in [0.1, 0.15) is 22.8 Å². The van der Waals surface area contributed by atoms with Crippen LogP contribution in [0.15, 0.2) is 36.4 Å². The largest absolute Gasteiger partial charge is 0.493 e. The Bertz CT molecular complexity index is 774. The number of benzene rings is 2. The molecule has 0 radical (unpaired) electrons. The van der Waals surface area contributed by atoms with Gasteiger partial charge in [0.05, 0.1) is 7.11 Å². The van der Waals surface area contributed by atoms with Gasteiger partial charge in [-0.15, -0.1) is 0 Å². The van der Waals surface area contributed by atoms with Crippen LogP contribution in [0.5, 0.6) is 11.5 Å². The quantitative estimate of drug-likeness (QED) is 0.824. The Labute approximate surface area is 139 Å². The lowest BCUT2D eigenvalue weighted by molar-refractivity contribution is -0.118. The molecule has 0 bridgehead atoms. The van der Waals surface area contributed by atoms with Crippen LogP contribution >= 0.6 is 0 Å². The fraction of sp³-hybridized carbons (Fsp3) is 0.222. The topological polar surface area (TPSA) is 64.6 Å². The highest BCUT2D eigenvalue weighted by Crippen LogP contribution is 2.28. The van der Waals surface area contributed by atoms with Crippen molar-refractivity contribution in [2.45, 2.75) is 13.8 Å². The van der Waals surface area contributed by atoms with Crippen molar-refractivity contribution < 1.29 is 23.5 Å². The Morgan fingerprint density at radius 2 is 1.88 bits per heavy atom. The lowest BCUT2D eigenvalue weighted by Crippen LogP contribution is -2.21. The van der Waals surface area contributed by atoms with E-state index in [0.29, 0.717) is 22.7 Å². The maximum Gasteiger partial charge on any atom is 0.262 e. The Morgan fingerprint density at radius 3 is 2.54 bits per heavy atom. The van der Waals surface area contributed by atoms with E-state index in [0.717, 1.165) is 5.56 Å². The molecule has 24 heavy (non-hydrogen) atoms. The lowest BCUT2D eigenvalue weighted by Gasteiger charge is -2.12. The van der Waals surface area contributed by atoms with Crippen molar-refractivity contribution in [1.29, 1.82) is 0 Å². The molecule has 2 aromatic rings. The Morgan fingerprint density at radius 1 is 1.12 bits per heavy atom. The number of halogens is 1. The molecule has 0 saturated heterocycles. The summed E-state index contributed by atoms with van der Waals surface area (Å²) in [6.07, 6.45) is 0. The van der Waals surface area contributed by atoms with E-state index in [2.05, 4.69) is 5.32 Å². The van der Waals surface area contributed by atoms with Gasteiger partial charge in [-0.1, -0.05) is 6.07 Å². The average molecular weight is 331 g/mol. The third kappa shape index (κ3) is 4.32. The molecule has 1 N–H and O–H groups in total. The molecule has 126 valence electrons. The molecule has 0 unspecified atom stereocenters. The average Bonchev–Trinajstić information content (AvgIpc) is 2.56. The SMILES string of the molecule is COc1cc(C(C)=O)ccc1OCC(=O)Nc1cc(F)ccc1C. The van der Waals surface area contributed by atoms with Gasteiger partial charge in [0, 0.05) is 11.3 Å². The highest BCUT2D eigenvalue weighted by atomic mass is 19.1. The molecule has 0 aliphatic heterocycles. The second kappa shape index (κ2) is 7.59. The van der Waals surface area contributed by atoms with E-state index in [1.165, 1.54) is 26.2 Å². The molecule has 2 aromatic carbocycles. The van der Waals surface area contributed by atoms with Crippen molar-refractivity contribution in [1.82, 2.24) is 0 Å². The second-order valence-corrected chi connectivity index (χ2v) is 5.22. The first kappa shape index (κ1) is 17.5. The minimum absolute atomic E-state index is 0.0980. The zero-order valence-corrected chi connectivity index (χ0v) is 13.7. The first-order chi connectivity index (χ1) is 11.4. The van der Waals surface area contributed by atoms with Crippen molar-refractivity contribution in [2.24, 2.45) is 0 Å². The minimum Gasteiger partial charge on any atom is -0.493 e. The molecule has 1 amide bonds. The number of ketones is 1. The maximum absolute atomic E-state index is 13.2. The van der Waals surface area contributed by atoms with Gasteiger partial charge in [0.15, 0.2) is 23.9 Å². The summed E-state index contributed by atoms with van der Waals surface area (Å²) in [4.78, 5) is 23.3. The van der Waals surface area contributed by atoms with Crippen molar-refractivity contribution >= 4 is 17.4 Å². The molecule has 6 heteroatoms. The van der Waals surface area contributed by atoms with Crippen LogP contribution in [-0.2, 0) is 4.79 Å². The standard InChI is InChI=1S/C18H18FNO4/c1-11-4-6-14(19)9-15(11)20-18(22)10-24-16-7-5-13(12(2)21)8-17(16)23-3/h4-9H,10H2,1-3H3,(H,20,22). The number of hydrogen-bond acceptors (Lipinski definition) is 4. The monoisotopic (exact) mass is 331 g/mol. The highest BCUT2D eigenvalue weighted by Gasteiger charge is 2.11. The maximum atomic E-state index is 13.2. The summed E-state index contributed by atoms with van der Waals surface area (Å²) in [5, 5.41) is 2.59. The number of carbonyl (C=O) groups is 2. The van der Waals surface area contributed by atoms with E-state index >= 15 is 0 Å². The number of Topliss-reactive ketones (excluding diaryl/α,β-unsaturated/α-hetero) is 1. The van der Waals surface area contributed by atoms with E-state index in [-0.39, 0.29) is 12.4 Å². The number of hydrogen-bond donors (Lipinski definition) is 1. The van der Waals surface area contributed by atoms with Crippen LogP contribution in [0, 0.1) is 12.7 Å². The van der Waals surface area contributed by atoms with Gasteiger partial charge in [-0.25, -0.2) is 4.39 Å². The Hall–Kier alpha value is -2.89. The first-order valence-electron chi connectivity index (χ1n) is 7.28. The van der Waals surface area contributed by atoms with Gasteiger partial charge in [-0.05, 0) is 49.7 Å². The van der Waals surface area contributed by atoms with Gasteiger partial charge in [0.2, 0.25) is 0 Å². The summed E-state index contributed by atoms with van der Waals surface area (Å²) in [6, 6.07) is 8.85.